The first kappa shape index (κ1) is 13.7. The van der Waals surface area contributed by atoms with E-state index in [1.807, 2.05) is 6.07 Å². The summed E-state index contributed by atoms with van der Waals surface area (Å²) in [5.74, 6) is -0.201. The Morgan fingerprint density at radius 1 is 1.39 bits per heavy atom. The Bertz CT molecular complexity index is 499. The highest BCUT2D eigenvalue weighted by Gasteiger charge is 2.14. The highest BCUT2D eigenvalue weighted by molar-refractivity contribution is 9.10. The van der Waals surface area contributed by atoms with Crippen molar-refractivity contribution in [3.63, 3.8) is 0 Å². The van der Waals surface area contributed by atoms with E-state index in [1.165, 1.54) is 11.6 Å². The van der Waals surface area contributed by atoms with Crippen LogP contribution in [0.5, 0.6) is 0 Å². The van der Waals surface area contributed by atoms with Crippen LogP contribution in [-0.2, 0) is 6.42 Å². The summed E-state index contributed by atoms with van der Waals surface area (Å²) in [6, 6.07) is 7.54. The van der Waals surface area contributed by atoms with Crippen molar-refractivity contribution in [1.82, 2.24) is 5.32 Å². The third-order valence-electron chi connectivity index (χ3n) is 2.85. The number of nitrogens with one attached hydrogen (secondary N) is 1. The van der Waals surface area contributed by atoms with Gasteiger partial charge in [0.25, 0.3) is 0 Å². The lowest BCUT2D eigenvalue weighted by atomic mass is 10.0. The molecule has 1 aromatic heterocycles. The van der Waals surface area contributed by atoms with E-state index in [4.69, 9.17) is 0 Å². The van der Waals surface area contributed by atoms with Gasteiger partial charge in [0.15, 0.2) is 0 Å². The van der Waals surface area contributed by atoms with E-state index >= 15 is 0 Å². The fourth-order valence-electron chi connectivity index (χ4n) is 1.95. The van der Waals surface area contributed by atoms with Crippen LogP contribution in [0.1, 0.15) is 24.1 Å². The molecule has 1 atom stereocenters. The first-order chi connectivity index (χ1) is 8.72. The van der Waals surface area contributed by atoms with Crippen molar-refractivity contribution in [2.24, 2.45) is 0 Å². The zero-order valence-electron chi connectivity index (χ0n) is 10.1. The predicted molar refractivity (Wildman–Crippen MR) is 78.5 cm³/mol. The SMILES string of the molecule is CCNC(Cc1cccc(F)c1Br)c1ccsc1. The summed E-state index contributed by atoms with van der Waals surface area (Å²) in [6.07, 6.45) is 0.781. The second-order valence-corrected chi connectivity index (χ2v) is 5.66. The fraction of sp³-hybridized carbons (Fsp3) is 0.286. The van der Waals surface area contributed by atoms with Crippen LogP contribution >= 0.6 is 27.3 Å². The Morgan fingerprint density at radius 2 is 2.22 bits per heavy atom. The number of likely N-dealkylation sites (N-methyl/N-ethyl adjacent to an activating group) is 1. The number of hydrogen-bond donors (Lipinski definition) is 1. The second kappa shape index (κ2) is 6.45. The Kier molecular flexibility index (Phi) is 4.92. The van der Waals surface area contributed by atoms with Gasteiger partial charge in [0, 0.05) is 6.04 Å². The minimum absolute atomic E-state index is 0.201. The van der Waals surface area contributed by atoms with Gasteiger partial charge in [-0.1, -0.05) is 19.1 Å². The molecule has 0 saturated heterocycles. The maximum absolute atomic E-state index is 13.5. The summed E-state index contributed by atoms with van der Waals surface area (Å²) in [5.41, 5.74) is 2.25. The van der Waals surface area contributed by atoms with Gasteiger partial charge in [0.2, 0.25) is 0 Å². The number of halogens is 2. The lowest BCUT2D eigenvalue weighted by molar-refractivity contribution is 0.546. The summed E-state index contributed by atoms with van der Waals surface area (Å²) in [6.45, 7) is 2.98. The number of benzene rings is 1. The van der Waals surface area contributed by atoms with Gasteiger partial charge in [0.1, 0.15) is 5.82 Å². The number of thiophene rings is 1. The second-order valence-electron chi connectivity index (χ2n) is 4.08. The molecule has 0 aliphatic rings. The van der Waals surface area contributed by atoms with E-state index in [2.05, 4.69) is 45.0 Å². The van der Waals surface area contributed by atoms with Crippen LogP contribution in [0.2, 0.25) is 0 Å². The Labute approximate surface area is 119 Å². The monoisotopic (exact) mass is 327 g/mol. The molecular weight excluding hydrogens is 313 g/mol. The summed E-state index contributed by atoms with van der Waals surface area (Å²) < 4.78 is 14.1. The Morgan fingerprint density at radius 3 is 2.89 bits per heavy atom. The van der Waals surface area contributed by atoms with Crippen LogP contribution in [0.4, 0.5) is 4.39 Å². The van der Waals surface area contributed by atoms with Crippen LogP contribution in [0.25, 0.3) is 0 Å². The van der Waals surface area contributed by atoms with E-state index in [0.29, 0.717) is 4.47 Å². The van der Waals surface area contributed by atoms with Crippen molar-refractivity contribution in [2.75, 3.05) is 6.54 Å². The van der Waals surface area contributed by atoms with Gasteiger partial charge >= 0.3 is 0 Å². The standard InChI is InChI=1S/C14H15BrFNS/c1-2-17-13(11-6-7-18-9-11)8-10-4-3-5-12(16)14(10)15/h3-7,9,13,17H,2,8H2,1H3. The molecule has 1 aromatic carbocycles. The highest BCUT2D eigenvalue weighted by atomic mass is 79.9. The lowest BCUT2D eigenvalue weighted by Gasteiger charge is -2.18. The van der Waals surface area contributed by atoms with Gasteiger partial charge in [-0.3, -0.25) is 0 Å². The largest absolute Gasteiger partial charge is 0.310 e. The minimum atomic E-state index is -0.201. The van der Waals surface area contributed by atoms with Gasteiger partial charge in [-0.05, 0) is 62.9 Å². The first-order valence-corrected chi connectivity index (χ1v) is 7.64. The van der Waals surface area contributed by atoms with Crippen molar-refractivity contribution >= 4 is 27.3 Å². The van der Waals surface area contributed by atoms with Gasteiger partial charge in [-0.25, -0.2) is 4.39 Å². The van der Waals surface area contributed by atoms with E-state index in [9.17, 15) is 4.39 Å². The van der Waals surface area contributed by atoms with E-state index < -0.39 is 0 Å². The van der Waals surface area contributed by atoms with E-state index in [0.717, 1.165) is 18.5 Å². The molecule has 0 amide bonds. The van der Waals surface area contributed by atoms with E-state index in [-0.39, 0.29) is 11.9 Å². The third-order valence-corrected chi connectivity index (χ3v) is 4.44. The molecule has 0 spiro atoms. The van der Waals surface area contributed by atoms with Crippen molar-refractivity contribution in [2.45, 2.75) is 19.4 Å². The lowest BCUT2D eigenvalue weighted by Crippen LogP contribution is -2.22. The molecule has 2 aromatic rings. The average Bonchev–Trinajstić information content (AvgIpc) is 2.88. The average molecular weight is 328 g/mol. The van der Waals surface area contributed by atoms with Crippen molar-refractivity contribution < 1.29 is 4.39 Å². The molecule has 1 heterocycles. The molecule has 0 bridgehead atoms. The Balaban J connectivity index is 2.21. The van der Waals surface area contributed by atoms with Gasteiger partial charge in [-0.15, -0.1) is 0 Å². The zero-order valence-corrected chi connectivity index (χ0v) is 12.5. The predicted octanol–water partition coefficient (Wildman–Crippen LogP) is 4.54. The molecule has 1 unspecified atom stereocenters. The van der Waals surface area contributed by atoms with Crippen LogP contribution < -0.4 is 5.32 Å². The van der Waals surface area contributed by atoms with Crippen LogP contribution in [0, 0.1) is 5.82 Å². The van der Waals surface area contributed by atoms with Gasteiger partial charge < -0.3 is 5.32 Å². The molecule has 0 aliphatic carbocycles. The van der Waals surface area contributed by atoms with Crippen molar-refractivity contribution in [1.29, 1.82) is 0 Å². The number of hydrogen-bond acceptors (Lipinski definition) is 2. The molecular formula is C14H15BrFNS. The van der Waals surface area contributed by atoms with Gasteiger partial charge in [0.05, 0.1) is 4.47 Å². The summed E-state index contributed by atoms with van der Waals surface area (Å²) in [5, 5.41) is 7.65. The van der Waals surface area contributed by atoms with Crippen LogP contribution in [-0.4, -0.2) is 6.54 Å². The highest BCUT2D eigenvalue weighted by Crippen LogP contribution is 2.26. The normalized spacial score (nSPS) is 12.6. The van der Waals surface area contributed by atoms with Crippen molar-refractivity contribution in [3.8, 4) is 0 Å². The van der Waals surface area contributed by atoms with Crippen molar-refractivity contribution in [3.05, 3.63) is 56.4 Å². The maximum atomic E-state index is 13.5. The molecule has 0 fully saturated rings. The van der Waals surface area contributed by atoms with Crippen LogP contribution in [0.3, 0.4) is 0 Å². The molecule has 96 valence electrons. The molecule has 0 radical (unpaired) electrons. The third kappa shape index (κ3) is 3.19. The molecule has 4 heteroatoms. The quantitative estimate of drug-likeness (QED) is 0.849. The molecule has 0 saturated carbocycles. The molecule has 18 heavy (non-hydrogen) atoms. The van der Waals surface area contributed by atoms with Gasteiger partial charge in [-0.2, -0.15) is 11.3 Å². The molecule has 2 rings (SSSR count). The number of rotatable bonds is 5. The topological polar surface area (TPSA) is 12.0 Å². The maximum Gasteiger partial charge on any atom is 0.137 e. The first-order valence-electron chi connectivity index (χ1n) is 5.90. The zero-order chi connectivity index (χ0) is 13.0. The minimum Gasteiger partial charge on any atom is -0.310 e. The fourth-order valence-corrected chi connectivity index (χ4v) is 3.09. The molecule has 0 aliphatic heterocycles. The summed E-state index contributed by atoms with van der Waals surface area (Å²) >= 11 is 5.01. The summed E-state index contributed by atoms with van der Waals surface area (Å²) in [7, 11) is 0. The summed E-state index contributed by atoms with van der Waals surface area (Å²) in [4.78, 5) is 0. The van der Waals surface area contributed by atoms with Crippen LogP contribution in [0.15, 0.2) is 39.5 Å². The Hall–Kier alpha value is -0.710. The van der Waals surface area contributed by atoms with E-state index in [1.54, 1.807) is 17.4 Å². The molecule has 1 nitrogen and oxygen atoms in total. The molecule has 1 N–H and O–H groups in total. The smallest absolute Gasteiger partial charge is 0.137 e.